The Bertz CT molecular complexity index is 480. The first kappa shape index (κ1) is 13.9. The van der Waals surface area contributed by atoms with E-state index in [9.17, 15) is 13.6 Å². The lowest BCUT2D eigenvalue weighted by molar-refractivity contribution is -0.123. The molecule has 1 saturated heterocycles. The summed E-state index contributed by atoms with van der Waals surface area (Å²) in [7, 11) is 0. The highest BCUT2D eigenvalue weighted by molar-refractivity contribution is 5.81. The van der Waals surface area contributed by atoms with Crippen molar-refractivity contribution in [1.29, 1.82) is 0 Å². The number of ether oxygens (including phenoxy) is 1. The fraction of sp³-hybridized carbons (Fsp3) is 0.462. The fourth-order valence-electron chi connectivity index (χ4n) is 2.07. The molecule has 1 aromatic carbocycles. The van der Waals surface area contributed by atoms with Crippen molar-refractivity contribution in [2.24, 2.45) is 5.73 Å². The number of amides is 1. The summed E-state index contributed by atoms with van der Waals surface area (Å²) in [5, 5.41) is 2.76. The molecule has 0 aliphatic carbocycles. The van der Waals surface area contributed by atoms with Gasteiger partial charge in [0.1, 0.15) is 6.10 Å². The molecule has 3 N–H and O–H groups in total. The molecule has 3 atom stereocenters. The van der Waals surface area contributed by atoms with Crippen LogP contribution in [0.15, 0.2) is 18.2 Å². The van der Waals surface area contributed by atoms with Crippen LogP contribution in [0.3, 0.4) is 0 Å². The number of nitrogens with two attached hydrogens (primary N) is 1. The molecule has 1 heterocycles. The Balaban J connectivity index is 2.14. The van der Waals surface area contributed by atoms with Crippen molar-refractivity contribution in [2.45, 2.75) is 31.5 Å². The van der Waals surface area contributed by atoms with Crippen LogP contribution in [0.4, 0.5) is 8.78 Å². The summed E-state index contributed by atoms with van der Waals surface area (Å²) in [6, 6.07) is 2.71. The first-order valence-electron chi connectivity index (χ1n) is 6.11. The molecule has 3 unspecified atom stereocenters. The lowest BCUT2D eigenvalue weighted by Crippen LogP contribution is -2.44. The van der Waals surface area contributed by atoms with Gasteiger partial charge in [-0.2, -0.15) is 0 Å². The third-order valence-electron chi connectivity index (χ3n) is 3.11. The summed E-state index contributed by atoms with van der Waals surface area (Å²) in [6.45, 7) is 2.03. The summed E-state index contributed by atoms with van der Waals surface area (Å²) in [4.78, 5) is 11.6. The molecule has 0 spiro atoms. The molecule has 0 saturated carbocycles. The van der Waals surface area contributed by atoms with Crippen LogP contribution in [0, 0.1) is 11.6 Å². The third kappa shape index (κ3) is 3.08. The Morgan fingerprint density at radius 3 is 2.84 bits per heavy atom. The largest absolute Gasteiger partial charge is 0.371 e. The Hall–Kier alpha value is -1.53. The quantitative estimate of drug-likeness (QED) is 0.869. The van der Waals surface area contributed by atoms with Gasteiger partial charge in [0, 0.05) is 6.61 Å². The highest BCUT2D eigenvalue weighted by atomic mass is 19.2. The molecule has 1 amide bonds. The Kier molecular flexibility index (Phi) is 4.11. The second-order valence-electron chi connectivity index (χ2n) is 4.66. The summed E-state index contributed by atoms with van der Waals surface area (Å²) >= 11 is 0. The predicted molar refractivity (Wildman–Crippen MR) is 65.2 cm³/mol. The van der Waals surface area contributed by atoms with E-state index in [1.807, 2.05) is 0 Å². The van der Waals surface area contributed by atoms with Crippen LogP contribution in [0.2, 0.25) is 0 Å². The normalized spacial score (nSPS) is 24.2. The van der Waals surface area contributed by atoms with Crippen LogP contribution in [0.25, 0.3) is 0 Å². The zero-order valence-electron chi connectivity index (χ0n) is 10.5. The van der Waals surface area contributed by atoms with Crippen molar-refractivity contribution in [3.05, 3.63) is 35.4 Å². The van der Waals surface area contributed by atoms with Gasteiger partial charge < -0.3 is 15.8 Å². The van der Waals surface area contributed by atoms with Crippen LogP contribution < -0.4 is 11.1 Å². The van der Waals surface area contributed by atoms with Gasteiger partial charge in [-0.05, 0) is 31.0 Å². The molecule has 4 nitrogen and oxygen atoms in total. The molecule has 0 bridgehead atoms. The standard InChI is InChI=1S/C13H16F2N2O2/c1-7(16)13(18)17-11-4-5-19-12(11)8-2-3-9(14)10(15)6-8/h2-3,6-7,11-12H,4-5,16H2,1H3,(H,17,18). The zero-order valence-corrected chi connectivity index (χ0v) is 10.5. The monoisotopic (exact) mass is 270 g/mol. The molecule has 6 heteroatoms. The maximum absolute atomic E-state index is 13.2. The van der Waals surface area contributed by atoms with Gasteiger partial charge in [0.15, 0.2) is 11.6 Å². The summed E-state index contributed by atoms with van der Waals surface area (Å²) in [5.74, 6) is -2.12. The van der Waals surface area contributed by atoms with Crippen molar-refractivity contribution in [1.82, 2.24) is 5.32 Å². The molecule has 104 valence electrons. The van der Waals surface area contributed by atoms with Crippen LogP contribution in [-0.2, 0) is 9.53 Å². The highest BCUT2D eigenvalue weighted by Gasteiger charge is 2.31. The lowest BCUT2D eigenvalue weighted by atomic mass is 10.0. The second-order valence-corrected chi connectivity index (χ2v) is 4.66. The van der Waals surface area contributed by atoms with Crippen molar-refractivity contribution in [3.63, 3.8) is 0 Å². The van der Waals surface area contributed by atoms with E-state index >= 15 is 0 Å². The van der Waals surface area contributed by atoms with Crippen LogP contribution >= 0.6 is 0 Å². The summed E-state index contributed by atoms with van der Waals surface area (Å²) < 4.78 is 31.6. The molecule has 0 aromatic heterocycles. The Labute approximate surface area is 109 Å². The Morgan fingerprint density at radius 1 is 1.47 bits per heavy atom. The maximum atomic E-state index is 13.2. The molecular formula is C13H16F2N2O2. The number of hydrogen-bond donors (Lipinski definition) is 2. The Morgan fingerprint density at radius 2 is 2.21 bits per heavy atom. The number of carbonyl (C=O) groups is 1. The molecule has 1 aliphatic heterocycles. The number of halogens is 2. The van der Waals surface area contributed by atoms with E-state index < -0.39 is 23.8 Å². The zero-order chi connectivity index (χ0) is 14.0. The highest BCUT2D eigenvalue weighted by Crippen LogP contribution is 2.30. The first-order valence-corrected chi connectivity index (χ1v) is 6.11. The summed E-state index contributed by atoms with van der Waals surface area (Å²) in [6.07, 6.45) is 0.139. The van der Waals surface area contributed by atoms with Crippen molar-refractivity contribution >= 4 is 5.91 Å². The first-order chi connectivity index (χ1) is 8.99. The number of benzene rings is 1. The fourth-order valence-corrected chi connectivity index (χ4v) is 2.07. The minimum absolute atomic E-state index is 0.275. The van der Waals surface area contributed by atoms with Gasteiger partial charge in [0.05, 0.1) is 12.1 Å². The molecule has 1 fully saturated rings. The van der Waals surface area contributed by atoms with Gasteiger partial charge in [0.2, 0.25) is 5.91 Å². The molecule has 2 rings (SSSR count). The van der Waals surface area contributed by atoms with Gasteiger partial charge in [0.25, 0.3) is 0 Å². The average molecular weight is 270 g/mol. The maximum Gasteiger partial charge on any atom is 0.236 e. The molecule has 19 heavy (non-hydrogen) atoms. The van der Waals surface area contributed by atoms with E-state index in [4.69, 9.17) is 10.5 Å². The topological polar surface area (TPSA) is 64.4 Å². The van der Waals surface area contributed by atoms with Gasteiger partial charge in [-0.3, -0.25) is 4.79 Å². The van der Waals surface area contributed by atoms with Crippen LogP contribution in [0.5, 0.6) is 0 Å². The van der Waals surface area contributed by atoms with Crippen molar-refractivity contribution in [3.8, 4) is 0 Å². The minimum Gasteiger partial charge on any atom is -0.371 e. The lowest BCUT2D eigenvalue weighted by Gasteiger charge is -2.21. The van der Waals surface area contributed by atoms with Gasteiger partial charge in [-0.1, -0.05) is 6.07 Å². The molecule has 0 radical (unpaired) electrons. The van der Waals surface area contributed by atoms with Gasteiger partial charge in [-0.25, -0.2) is 8.78 Å². The van der Waals surface area contributed by atoms with E-state index in [1.54, 1.807) is 6.92 Å². The number of carbonyl (C=O) groups excluding carboxylic acids is 1. The SMILES string of the molecule is CC(N)C(=O)NC1CCOC1c1ccc(F)c(F)c1. The van der Waals surface area contributed by atoms with Gasteiger partial charge >= 0.3 is 0 Å². The molecular weight excluding hydrogens is 254 g/mol. The summed E-state index contributed by atoms with van der Waals surface area (Å²) in [5.41, 5.74) is 5.99. The minimum atomic E-state index is -0.926. The van der Waals surface area contributed by atoms with E-state index in [1.165, 1.54) is 6.07 Å². The number of rotatable bonds is 3. The average Bonchev–Trinajstić information content (AvgIpc) is 2.80. The van der Waals surface area contributed by atoms with Crippen LogP contribution in [0.1, 0.15) is 25.0 Å². The van der Waals surface area contributed by atoms with E-state index in [0.717, 1.165) is 12.1 Å². The van der Waals surface area contributed by atoms with Crippen molar-refractivity contribution in [2.75, 3.05) is 6.61 Å². The predicted octanol–water partition coefficient (Wildman–Crippen LogP) is 1.26. The third-order valence-corrected chi connectivity index (χ3v) is 3.11. The number of hydrogen-bond acceptors (Lipinski definition) is 3. The second kappa shape index (κ2) is 5.63. The van der Waals surface area contributed by atoms with E-state index in [0.29, 0.717) is 18.6 Å². The van der Waals surface area contributed by atoms with Crippen LogP contribution in [-0.4, -0.2) is 24.6 Å². The number of nitrogens with one attached hydrogen (secondary N) is 1. The van der Waals surface area contributed by atoms with E-state index in [-0.39, 0.29) is 11.9 Å². The van der Waals surface area contributed by atoms with Gasteiger partial charge in [-0.15, -0.1) is 0 Å². The molecule has 1 aromatic rings. The van der Waals surface area contributed by atoms with E-state index in [2.05, 4.69) is 5.32 Å². The molecule has 1 aliphatic rings. The van der Waals surface area contributed by atoms with Crippen molar-refractivity contribution < 1.29 is 18.3 Å². The smallest absolute Gasteiger partial charge is 0.236 e.